The van der Waals surface area contributed by atoms with Crippen molar-refractivity contribution in [3.8, 4) is 0 Å². The summed E-state index contributed by atoms with van der Waals surface area (Å²) in [5.41, 5.74) is 6.23. The number of fused-ring (bicyclic) bond motifs is 1. The number of likely N-dealkylation sites (tertiary alicyclic amines) is 1. The first kappa shape index (κ1) is 22.1. The molecule has 2 amide bonds. The molecule has 4 N–H and O–H groups in total. The van der Waals surface area contributed by atoms with Crippen LogP contribution in [-0.4, -0.2) is 48.8 Å². The number of anilines is 1. The van der Waals surface area contributed by atoms with Crippen LogP contribution >= 0.6 is 0 Å². The fourth-order valence-electron chi connectivity index (χ4n) is 3.65. The van der Waals surface area contributed by atoms with Gasteiger partial charge in [0.05, 0.1) is 5.66 Å². The highest BCUT2D eigenvalue weighted by Gasteiger charge is 2.34. The monoisotopic (exact) mass is 412 g/mol. The van der Waals surface area contributed by atoms with E-state index in [1.165, 1.54) is 0 Å². The van der Waals surface area contributed by atoms with Crippen LogP contribution in [0.3, 0.4) is 0 Å². The number of amides is 2. The number of hydrogen-bond donors (Lipinski definition) is 3. The molecule has 7 nitrogen and oxygen atoms in total. The Hall–Kier alpha value is -2.64. The molecule has 0 bridgehead atoms. The number of nitrogens with two attached hydrogens (primary N) is 1. The third-order valence-electron chi connectivity index (χ3n) is 5.47. The normalized spacial score (nSPS) is 17.5. The topological polar surface area (TPSA) is 96.7 Å². The first-order chi connectivity index (χ1) is 14.2. The average molecular weight is 413 g/mol. The van der Waals surface area contributed by atoms with Gasteiger partial charge in [-0.15, -0.1) is 0 Å². The summed E-state index contributed by atoms with van der Waals surface area (Å²) in [4.78, 5) is 27.6. The second kappa shape index (κ2) is 9.45. The van der Waals surface area contributed by atoms with Gasteiger partial charge in [-0.3, -0.25) is 10.1 Å². The van der Waals surface area contributed by atoms with Gasteiger partial charge in [0.1, 0.15) is 0 Å². The minimum absolute atomic E-state index is 0.181. The van der Waals surface area contributed by atoms with Crippen LogP contribution in [0.25, 0.3) is 10.8 Å². The lowest BCUT2D eigenvalue weighted by Gasteiger charge is -2.39. The van der Waals surface area contributed by atoms with Crippen molar-refractivity contribution in [3.63, 3.8) is 0 Å². The maximum atomic E-state index is 12.9. The minimum atomic E-state index is -0.898. The van der Waals surface area contributed by atoms with Crippen molar-refractivity contribution in [2.24, 2.45) is 11.7 Å². The molecule has 0 aromatic heterocycles. The van der Waals surface area contributed by atoms with Crippen LogP contribution in [0, 0.1) is 5.92 Å². The number of nitrogens with one attached hydrogen (secondary N) is 2. The molecule has 1 unspecified atom stereocenters. The number of hydrogen-bond acceptors (Lipinski definition) is 5. The van der Waals surface area contributed by atoms with Crippen LogP contribution in [0.4, 0.5) is 10.5 Å². The molecule has 1 atom stereocenters. The van der Waals surface area contributed by atoms with Gasteiger partial charge < -0.3 is 20.7 Å². The standard InChI is InChI=1S/C23H32N4O3/c1-16(2)14-20(21(28)26-23(24)10-12-27(3)13-11-23)30-22(29)25-19-9-8-17-6-4-5-7-18(17)15-19/h4-9,15-16,20H,10-14,24H2,1-3H3,(H,25,29)(H,26,28). The Kier molecular flexibility index (Phi) is 6.95. The number of piperidine rings is 1. The molecule has 162 valence electrons. The molecular weight excluding hydrogens is 380 g/mol. The van der Waals surface area contributed by atoms with Gasteiger partial charge in [0.25, 0.3) is 5.91 Å². The fourth-order valence-corrected chi connectivity index (χ4v) is 3.65. The van der Waals surface area contributed by atoms with Gasteiger partial charge in [-0.2, -0.15) is 0 Å². The maximum Gasteiger partial charge on any atom is 0.412 e. The van der Waals surface area contributed by atoms with Crippen LogP contribution in [0.5, 0.6) is 0 Å². The van der Waals surface area contributed by atoms with E-state index in [0.29, 0.717) is 24.9 Å². The predicted octanol–water partition coefficient (Wildman–Crippen LogP) is 3.30. The lowest BCUT2D eigenvalue weighted by molar-refractivity contribution is -0.132. The van der Waals surface area contributed by atoms with Gasteiger partial charge in [0.15, 0.2) is 6.10 Å². The molecule has 1 aliphatic heterocycles. The summed E-state index contributed by atoms with van der Waals surface area (Å²) < 4.78 is 5.52. The smallest absolute Gasteiger partial charge is 0.412 e. The molecule has 0 aliphatic carbocycles. The SMILES string of the molecule is CC(C)CC(OC(=O)Nc1ccc2ccccc2c1)C(=O)NC1(N)CCN(C)CC1. The zero-order valence-electron chi connectivity index (χ0n) is 18.0. The van der Waals surface area contributed by atoms with E-state index in [4.69, 9.17) is 10.5 Å². The molecule has 1 saturated heterocycles. The predicted molar refractivity (Wildman–Crippen MR) is 119 cm³/mol. The number of nitrogens with zero attached hydrogens (tertiary/aromatic N) is 1. The van der Waals surface area contributed by atoms with Crippen molar-refractivity contribution >= 4 is 28.5 Å². The number of ether oxygens (including phenoxy) is 1. The molecule has 2 aromatic carbocycles. The summed E-state index contributed by atoms with van der Waals surface area (Å²) >= 11 is 0. The van der Waals surface area contributed by atoms with Crippen molar-refractivity contribution in [2.75, 3.05) is 25.5 Å². The Morgan fingerprint density at radius 2 is 1.80 bits per heavy atom. The minimum Gasteiger partial charge on any atom is -0.436 e. The number of benzene rings is 2. The quantitative estimate of drug-likeness (QED) is 0.633. The van der Waals surface area contributed by atoms with Crippen molar-refractivity contribution < 1.29 is 14.3 Å². The van der Waals surface area contributed by atoms with Gasteiger partial charge in [-0.25, -0.2) is 4.79 Å². The first-order valence-corrected chi connectivity index (χ1v) is 10.5. The van der Waals surface area contributed by atoms with Crippen LogP contribution in [0.1, 0.15) is 33.1 Å². The lowest BCUT2D eigenvalue weighted by Crippen LogP contribution is -2.62. The van der Waals surface area contributed by atoms with Crippen molar-refractivity contribution in [1.29, 1.82) is 0 Å². The van der Waals surface area contributed by atoms with Gasteiger partial charge in [-0.05, 0) is 55.1 Å². The van der Waals surface area contributed by atoms with Gasteiger partial charge >= 0.3 is 6.09 Å². The van der Waals surface area contributed by atoms with Crippen molar-refractivity contribution in [3.05, 3.63) is 42.5 Å². The Balaban J connectivity index is 1.64. The Bertz CT molecular complexity index is 891. The molecule has 1 heterocycles. The molecule has 7 heteroatoms. The summed E-state index contributed by atoms with van der Waals surface area (Å²) in [7, 11) is 2.03. The van der Waals surface area contributed by atoms with Crippen LogP contribution in [0.15, 0.2) is 42.5 Å². The Labute approximate surface area is 177 Å². The van der Waals surface area contributed by atoms with Crippen LogP contribution < -0.4 is 16.4 Å². The number of carbonyl (C=O) groups is 2. The molecule has 1 aliphatic rings. The third-order valence-corrected chi connectivity index (χ3v) is 5.47. The van der Waals surface area contributed by atoms with E-state index in [1.54, 1.807) is 0 Å². The summed E-state index contributed by atoms with van der Waals surface area (Å²) in [6.07, 6.45) is 0.193. The molecule has 2 aromatic rings. The third kappa shape index (κ3) is 5.93. The van der Waals surface area contributed by atoms with Crippen LogP contribution in [0.2, 0.25) is 0 Å². The van der Waals surface area contributed by atoms with E-state index in [1.807, 2.05) is 63.4 Å². The maximum absolute atomic E-state index is 12.9. The number of carbonyl (C=O) groups excluding carboxylic acids is 2. The largest absolute Gasteiger partial charge is 0.436 e. The Morgan fingerprint density at radius 3 is 2.47 bits per heavy atom. The zero-order valence-corrected chi connectivity index (χ0v) is 18.0. The molecule has 3 rings (SSSR count). The molecule has 0 spiro atoms. The fraction of sp³-hybridized carbons (Fsp3) is 0.478. The number of rotatable bonds is 6. The highest BCUT2D eigenvalue weighted by atomic mass is 16.6. The highest BCUT2D eigenvalue weighted by molar-refractivity contribution is 5.92. The molecule has 0 radical (unpaired) electrons. The second-order valence-corrected chi connectivity index (χ2v) is 8.66. The molecule has 1 fully saturated rings. The summed E-state index contributed by atoms with van der Waals surface area (Å²) in [6.45, 7) is 5.60. The molecular formula is C23H32N4O3. The average Bonchev–Trinajstić information content (AvgIpc) is 2.69. The zero-order chi connectivity index (χ0) is 21.7. The van der Waals surface area contributed by atoms with E-state index in [-0.39, 0.29) is 11.8 Å². The van der Waals surface area contributed by atoms with Gasteiger partial charge in [0, 0.05) is 18.8 Å². The summed E-state index contributed by atoms with van der Waals surface area (Å²) in [6, 6.07) is 13.5. The van der Waals surface area contributed by atoms with E-state index in [9.17, 15) is 9.59 Å². The van der Waals surface area contributed by atoms with E-state index >= 15 is 0 Å². The molecule has 30 heavy (non-hydrogen) atoms. The highest BCUT2D eigenvalue weighted by Crippen LogP contribution is 2.20. The summed E-state index contributed by atoms with van der Waals surface area (Å²) in [5, 5.41) is 7.75. The van der Waals surface area contributed by atoms with Gasteiger partial charge in [-0.1, -0.05) is 44.2 Å². The Morgan fingerprint density at radius 1 is 1.13 bits per heavy atom. The van der Waals surface area contributed by atoms with Crippen LogP contribution in [-0.2, 0) is 9.53 Å². The molecule has 0 saturated carbocycles. The van der Waals surface area contributed by atoms with E-state index in [0.717, 1.165) is 23.9 Å². The lowest BCUT2D eigenvalue weighted by atomic mass is 9.97. The van der Waals surface area contributed by atoms with Gasteiger partial charge in [0.2, 0.25) is 0 Å². The second-order valence-electron chi connectivity index (χ2n) is 8.66. The van der Waals surface area contributed by atoms with E-state index < -0.39 is 17.9 Å². The van der Waals surface area contributed by atoms with Crippen molar-refractivity contribution in [2.45, 2.75) is 44.9 Å². The first-order valence-electron chi connectivity index (χ1n) is 10.5. The van der Waals surface area contributed by atoms with E-state index in [2.05, 4.69) is 15.5 Å². The summed E-state index contributed by atoms with van der Waals surface area (Å²) in [5.74, 6) is -0.162. The van der Waals surface area contributed by atoms with Crippen molar-refractivity contribution in [1.82, 2.24) is 10.2 Å².